The van der Waals surface area contributed by atoms with Gasteiger partial charge in [0, 0.05) is 41.0 Å². The Kier molecular flexibility index (Phi) is 9.84. The van der Waals surface area contributed by atoms with Crippen LogP contribution in [0.4, 0.5) is 0 Å². The van der Waals surface area contributed by atoms with Crippen LogP contribution in [0.2, 0.25) is 0 Å². The van der Waals surface area contributed by atoms with E-state index >= 15 is 0 Å². The first-order valence-electron chi connectivity index (χ1n) is 10.2. The van der Waals surface area contributed by atoms with Crippen LogP contribution in [0.15, 0.2) is 29.3 Å². The summed E-state index contributed by atoms with van der Waals surface area (Å²) in [7, 11) is -0.702. The molecule has 0 bridgehead atoms. The lowest BCUT2D eigenvalue weighted by atomic mass is 9.95. The summed E-state index contributed by atoms with van der Waals surface area (Å²) in [6, 6.07) is 8.79. The Bertz CT molecular complexity index is 604. The Morgan fingerprint density at radius 1 is 1.19 bits per heavy atom. The molecular formula is C21H35N3O2S. The van der Waals surface area contributed by atoms with Crippen molar-refractivity contribution in [2.24, 2.45) is 4.99 Å². The summed E-state index contributed by atoms with van der Waals surface area (Å²) in [5.41, 5.74) is 2.37. The molecule has 6 heteroatoms. The Hall–Kier alpha value is -1.40. The Labute approximate surface area is 166 Å². The number of ether oxygens (including phenoxy) is 1. The van der Waals surface area contributed by atoms with Crippen molar-refractivity contribution in [3.05, 3.63) is 35.4 Å². The van der Waals surface area contributed by atoms with Crippen molar-refractivity contribution in [3.8, 4) is 0 Å². The molecule has 1 aliphatic carbocycles. The van der Waals surface area contributed by atoms with E-state index in [4.69, 9.17) is 9.73 Å². The number of nitrogens with one attached hydrogen (secondary N) is 2. The minimum atomic E-state index is -0.702. The van der Waals surface area contributed by atoms with Gasteiger partial charge in [0.1, 0.15) is 0 Å². The van der Waals surface area contributed by atoms with Crippen molar-refractivity contribution in [1.29, 1.82) is 0 Å². The van der Waals surface area contributed by atoms with Crippen LogP contribution in [-0.2, 0) is 28.7 Å². The fraction of sp³-hybridized carbons (Fsp3) is 0.667. The number of aliphatic imine (C=N–C) groups is 1. The molecule has 5 nitrogen and oxygen atoms in total. The predicted molar refractivity (Wildman–Crippen MR) is 114 cm³/mol. The first-order chi connectivity index (χ1) is 13.2. The maximum atomic E-state index is 12.2. The molecule has 0 spiro atoms. The van der Waals surface area contributed by atoms with Gasteiger partial charge in [0.25, 0.3) is 0 Å². The van der Waals surface area contributed by atoms with Gasteiger partial charge in [-0.15, -0.1) is 0 Å². The molecule has 1 aromatic rings. The molecule has 27 heavy (non-hydrogen) atoms. The van der Waals surface area contributed by atoms with Crippen LogP contribution in [0, 0.1) is 0 Å². The summed E-state index contributed by atoms with van der Waals surface area (Å²) >= 11 is 0. The van der Waals surface area contributed by atoms with Crippen LogP contribution in [0.1, 0.15) is 57.6 Å². The van der Waals surface area contributed by atoms with E-state index in [9.17, 15) is 4.21 Å². The van der Waals surface area contributed by atoms with E-state index in [2.05, 4.69) is 41.8 Å². The third-order valence-corrected chi connectivity index (χ3v) is 6.62. The topological polar surface area (TPSA) is 62.7 Å². The van der Waals surface area contributed by atoms with Gasteiger partial charge < -0.3 is 15.4 Å². The Balaban J connectivity index is 1.92. The smallest absolute Gasteiger partial charge is 0.191 e. The number of hydrogen-bond donors (Lipinski definition) is 2. The zero-order chi connectivity index (χ0) is 19.5. The molecule has 1 fully saturated rings. The van der Waals surface area contributed by atoms with E-state index in [0.717, 1.165) is 50.5 Å². The third kappa shape index (κ3) is 7.62. The summed E-state index contributed by atoms with van der Waals surface area (Å²) in [6.07, 6.45) is 4.31. The zero-order valence-electron chi connectivity index (χ0n) is 17.0. The summed E-state index contributed by atoms with van der Waals surface area (Å²) in [6.45, 7) is 8.96. The Morgan fingerprint density at radius 2 is 1.93 bits per heavy atom. The fourth-order valence-corrected chi connectivity index (χ4v) is 4.74. The molecule has 0 radical (unpaired) electrons. The van der Waals surface area contributed by atoms with Crippen molar-refractivity contribution in [2.75, 3.05) is 18.9 Å². The van der Waals surface area contributed by atoms with Gasteiger partial charge in [-0.1, -0.05) is 37.6 Å². The first kappa shape index (κ1) is 21.9. The van der Waals surface area contributed by atoms with Gasteiger partial charge in [-0.25, -0.2) is 4.99 Å². The molecule has 0 aliphatic heterocycles. The number of benzene rings is 1. The summed E-state index contributed by atoms with van der Waals surface area (Å²) in [5, 5.41) is 7.22. The fourth-order valence-electron chi connectivity index (χ4n) is 3.40. The lowest BCUT2D eigenvalue weighted by Gasteiger charge is -2.30. The number of nitrogens with zero attached hydrogens (tertiary/aromatic N) is 1. The minimum absolute atomic E-state index is 0.321. The van der Waals surface area contributed by atoms with Crippen molar-refractivity contribution in [1.82, 2.24) is 10.6 Å². The molecular weight excluding hydrogens is 358 g/mol. The SMILES string of the molecule is CCNC(=NCc1ccc(COCC)cc1)NC1CCCC(S(=O)CC)C1. The molecule has 0 amide bonds. The number of rotatable bonds is 9. The largest absolute Gasteiger partial charge is 0.377 e. The van der Waals surface area contributed by atoms with Crippen molar-refractivity contribution >= 4 is 16.8 Å². The van der Waals surface area contributed by atoms with Gasteiger partial charge in [0.2, 0.25) is 0 Å². The second-order valence-electron chi connectivity index (χ2n) is 6.95. The lowest BCUT2D eigenvalue weighted by molar-refractivity contribution is 0.134. The van der Waals surface area contributed by atoms with Crippen LogP contribution in [0.25, 0.3) is 0 Å². The number of hydrogen-bond acceptors (Lipinski definition) is 3. The van der Waals surface area contributed by atoms with Gasteiger partial charge in [0.15, 0.2) is 5.96 Å². The summed E-state index contributed by atoms with van der Waals surface area (Å²) in [4.78, 5) is 4.75. The highest BCUT2D eigenvalue weighted by molar-refractivity contribution is 7.85. The second-order valence-corrected chi connectivity index (χ2v) is 8.95. The summed E-state index contributed by atoms with van der Waals surface area (Å²) in [5.74, 6) is 1.61. The number of guanidine groups is 1. The highest BCUT2D eigenvalue weighted by Crippen LogP contribution is 2.23. The van der Waals surface area contributed by atoms with E-state index in [-0.39, 0.29) is 0 Å². The molecule has 1 aliphatic rings. The van der Waals surface area contributed by atoms with Gasteiger partial charge in [-0.2, -0.15) is 0 Å². The van der Waals surface area contributed by atoms with E-state index in [1.807, 2.05) is 13.8 Å². The monoisotopic (exact) mass is 393 g/mol. The molecule has 2 rings (SSSR count). The molecule has 3 atom stereocenters. The van der Waals surface area contributed by atoms with E-state index < -0.39 is 10.8 Å². The van der Waals surface area contributed by atoms with Crippen molar-refractivity contribution in [3.63, 3.8) is 0 Å². The minimum Gasteiger partial charge on any atom is -0.377 e. The Morgan fingerprint density at radius 3 is 2.59 bits per heavy atom. The van der Waals surface area contributed by atoms with Gasteiger partial charge in [-0.05, 0) is 44.2 Å². The molecule has 0 heterocycles. The summed E-state index contributed by atoms with van der Waals surface area (Å²) < 4.78 is 17.6. The van der Waals surface area contributed by atoms with Gasteiger partial charge >= 0.3 is 0 Å². The highest BCUT2D eigenvalue weighted by Gasteiger charge is 2.25. The molecule has 1 saturated carbocycles. The molecule has 152 valence electrons. The maximum Gasteiger partial charge on any atom is 0.191 e. The van der Waals surface area contributed by atoms with Crippen molar-refractivity contribution in [2.45, 2.75) is 70.9 Å². The lowest BCUT2D eigenvalue weighted by Crippen LogP contribution is -2.46. The van der Waals surface area contributed by atoms with E-state index in [0.29, 0.717) is 24.4 Å². The quantitative estimate of drug-likeness (QED) is 0.499. The average molecular weight is 394 g/mol. The molecule has 0 saturated heterocycles. The zero-order valence-corrected chi connectivity index (χ0v) is 17.8. The van der Waals surface area contributed by atoms with Crippen molar-refractivity contribution < 1.29 is 8.95 Å². The van der Waals surface area contributed by atoms with E-state index in [1.54, 1.807) is 0 Å². The van der Waals surface area contributed by atoms with Crippen LogP contribution in [-0.4, -0.2) is 40.4 Å². The first-order valence-corrected chi connectivity index (χ1v) is 11.6. The molecule has 1 aromatic carbocycles. The average Bonchev–Trinajstić information content (AvgIpc) is 2.71. The van der Waals surface area contributed by atoms with Gasteiger partial charge in [0.05, 0.1) is 13.2 Å². The molecule has 0 aromatic heterocycles. The standard InChI is InChI=1S/C21H35N3O2S/c1-4-22-21(24-19-8-7-9-20(14-19)27(25)6-3)23-15-17-10-12-18(13-11-17)16-26-5-2/h10-13,19-20H,4-9,14-16H2,1-3H3,(H2,22,23,24). The maximum absolute atomic E-state index is 12.2. The third-order valence-electron chi connectivity index (χ3n) is 4.88. The normalized spacial score (nSPS) is 21.7. The van der Waals surface area contributed by atoms with Crippen LogP contribution >= 0.6 is 0 Å². The molecule has 2 N–H and O–H groups in total. The van der Waals surface area contributed by atoms with Crippen LogP contribution in [0.3, 0.4) is 0 Å². The highest BCUT2D eigenvalue weighted by atomic mass is 32.2. The van der Waals surface area contributed by atoms with Crippen LogP contribution in [0.5, 0.6) is 0 Å². The molecule has 3 unspecified atom stereocenters. The van der Waals surface area contributed by atoms with E-state index in [1.165, 1.54) is 11.1 Å². The predicted octanol–water partition coefficient (Wildman–Crippen LogP) is 3.36. The van der Waals surface area contributed by atoms with Gasteiger partial charge in [-0.3, -0.25) is 4.21 Å². The van der Waals surface area contributed by atoms with Crippen LogP contribution < -0.4 is 10.6 Å². The second kappa shape index (κ2) is 12.1.